The standard InChI is InChI=1S/C19H25N5O/c1-20-18(23-11-8-19(14-23)9-12-25-15-19)21-13-16-7-10-24(22-16)17-5-3-2-4-6-17/h2-7,10H,8-9,11-15H2,1H3,(H,20,21). The molecule has 1 unspecified atom stereocenters. The summed E-state index contributed by atoms with van der Waals surface area (Å²) in [5.41, 5.74) is 2.41. The zero-order valence-electron chi connectivity index (χ0n) is 14.7. The quantitative estimate of drug-likeness (QED) is 0.687. The Morgan fingerprint density at radius 2 is 2.16 bits per heavy atom. The van der Waals surface area contributed by atoms with E-state index < -0.39 is 0 Å². The van der Waals surface area contributed by atoms with E-state index in [0.29, 0.717) is 12.0 Å². The fourth-order valence-electron chi connectivity index (χ4n) is 3.77. The summed E-state index contributed by atoms with van der Waals surface area (Å²) in [4.78, 5) is 6.81. The maximum atomic E-state index is 5.62. The molecule has 2 aromatic rings. The Morgan fingerprint density at radius 3 is 2.92 bits per heavy atom. The van der Waals surface area contributed by atoms with Crippen LogP contribution in [0.3, 0.4) is 0 Å². The van der Waals surface area contributed by atoms with Crippen LogP contribution in [0.1, 0.15) is 18.5 Å². The van der Waals surface area contributed by atoms with Gasteiger partial charge in [-0.15, -0.1) is 0 Å². The molecule has 0 saturated carbocycles. The first-order valence-electron chi connectivity index (χ1n) is 8.91. The van der Waals surface area contributed by atoms with Crippen molar-refractivity contribution in [3.05, 3.63) is 48.3 Å². The van der Waals surface area contributed by atoms with Crippen LogP contribution in [0.2, 0.25) is 0 Å². The van der Waals surface area contributed by atoms with Gasteiger partial charge in [0.25, 0.3) is 0 Å². The molecule has 2 aliphatic rings. The van der Waals surface area contributed by atoms with E-state index in [1.807, 2.05) is 42.2 Å². The van der Waals surface area contributed by atoms with Crippen molar-refractivity contribution < 1.29 is 4.74 Å². The number of para-hydroxylation sites is 1. The number of ether oxygens (including phenoxy) is 1. The second kappa shape index (κ2) is 6.88. The van der Waals surface area contributed by atoms with Crippen LogP contribution in [0, 0.1) is 5.41 Å². The first kappa shape index (κ1) is 16.1. The predicted molar refractivity (Wildman–Crippen MR) is 97.8 cm³/mol. The van der Waals surface area contributed by atoms with Crippen molar-refractivity contribution in [3.63, 3.8) is 0 Å². The van der Waals surface area contributed by atoms with E-state index in [9.17, 15) is 0 Å². The zero-order chi connectivity index (χ0) is 17.1. The molecule has 2 aliphatic heterocycles. The third kappa shape index (κ3) is 3.39. The van der Waals surface area contributed by atoms with Crippen molar-refractivity contribution in [2.24, 2.45) is 10.4 Å². The van der Waals surface area contributed by atoms with E-state index in [-0.39, 0.29) is 0 Å². The summed E-state index contributed by atoms with van der Waals surface area (Å²) in [6.07, 6.45) is 4.36. The van der Waals surface area contributed by atoms with Gasteiger partial charge >= 0.3 is 0 Å². The van der Waals surface area contributed by atoms with Gasteiger partial charge in [-0.25, -0.2) is 4.68 Å². The van der Waals surface area contributed by atoms with Crippen molar-refractivity contribution in [2.45, 2.75) is 19.4 Å². The Kier molecular flexibility index (Phi) is 4.44. The first-order valence-corrected chi connectivity index (χ1v) is 8.91. The monoisotopic (exact) mass is 339 g/mol. The van der Waals surface area contributed by atoms with Gasteiger partial charge in [-0.05, 0) is 31.0 Å². The number of likely N-dealkylation sites (tertiary alicyclic amines) is 1. The van der Waals surface area contributed by atoms with Crippen LogP contribution in [0.25, 0.3) is 5.69 Å². The lowest BCUT2D eigenvalue weighted by molar-refractivity contribution is 0.156. The minimum atomic E-state index is 0.340. The van der Waals surface area contributed by atoms with Crippen LogP contribution in [0.4, 0.5) is 0 Å². The summed E-state index contributed by atoms with van der Waals surface area (Å²) in [5.74, 6) is 0.957. The number of nitrogens with zero attached hydrogens (tertiary/aromatic N) is 4. The van der Waals surface area contributed by atoms with Crippen molar-refractivity contribution in [3.8, 4) is 5.69 Å². The maximum Gasteiger partial charge on any atom is 0.193 e. The largest absolute Gasteiger partial charge is 0.381 e. The summed E-state index contributed by atoms with van der Waals surface area (Å²) < 4.78 is 7.52. The van der Waals surface area contributed by atoms with Gasteiger partial charge in [-0.3, -0.25) is 4.99 Å². The molecule has 1 atom stereocenters. The zero-order valence-corrected chi connectivity index (χ0v) is 14.7. The molecule has 0 amide bonds. The average Bonchev–Trinajstić information content (AvgIpc) is 3.39. The summed E-state index contributed by atoms with van der Waals surface area (Å²) in [6, 6.07) is 12.2. The minimum Gasteiger partial charge on any atom is -0.381 e. The van der Waals surface area contributed by atoms with Crippen LogP contribution in [-0.2, 0) is 11.3 Å². The summed E-state index contributed by atoms with van der Waals surface area (Å²) in [6.45, 7) is 4.54. The third-order valence-corrected chi connectivity index (χ3v) is 5.23. The number of aliphatic imine (C=N–C) groups is 1. The van der Waals surface area contributed by atoms with Gasteiger partial charge in [0.05, 0.1) is 24.5 Å². The molecule has 25 heavy (non-hydrogen) atoms. The number of hydrogen-bond acceptors (Lipinski definition) is 3. The van der Waals surface area contributed by atoms with E-state index in [4.69, 9.17) is 4.74 Å². The Labute approximate surface area is 148 Å². The second-order valence-corrected chi connectivity index (χ2v) is 6.96. The number of benzene rings is 1. The van der Waals surface area contributed by atoms with Gasteiger partial charge in [-0.2, -0.15) is 5.10 Å². The number of guanidine groups is 1. The fourth-order valence-corrected chi connectivity index (χ4v) is 3.77. The molecule has 1 N–H and O–H groups in total. The van der Waals surface area contributed by atoms with Crippen molar-refractivity contribution in [2.75, 3.05) is 33.4 Å². The van der Waals surface area contributed by atoms with E-state index in [0.717, 1.165) is 43.6 Å². The van der Waals surface area contributed by atoms with E-state index in [2.05, 4.69) is 32.4 Å². The molecule has 1 spiro atoms. The van der Waals surface area contributed by atoms with Gasteiger partial charge < -0.3 is 15.0 Å². The molecule has 6 nitrogen and oxygen atoms in total. The molecule has 0 bridgehead atoms. The van der Waals surface area contributed by atoms with Gasteiger partial charge in [0.2, 0.25) is 0 Å². The van der Waals surface area contributed by atoms with Crippen molar-refractivity contribution in [1.29, 1.82) is 0 Å². The molecule has 132 valence electrons. The van der Waals surface area contributed by atoms with Gasteiger partial charge in [0.1, 0.15) is 0 Å². The van der Waals surface area contributed by atoms with E-state index in [1.165, 1.54) is 12.8 Å². The summed E-state index contributed by atoms with van der Waals surface area (Å²) >= 11 is 0. The van der Waals surface area contributed by atoms with Crippen LogP contribution in [0.5, 0.6) is 0 Å². The summed E-state index contributed by atoms with van der Waals surface area (Å²) in [5, 5.41) is 8.10. The highest BCUT2D eigenvalue weighted by Crippen LogP contribution is 2.38. The highest BCUT2D eigenvalue weighted by Gasteiger charge is 2.42. The van der Waals surface area contributed by atoms with E-state index in [1.54, 1.807) is 0 Å². The Bertz CT molecular complexity index is 733. The average molecular weight is 339 g/mol. The van der Waals surface area contributed by atoms with Crippen LogP contribution >= 0.6 is 0 Å². The highest BCUT2D eigenvalue weighted by molar-refractivity contribution is 5.80. The molecule has 1 aromatic heterocycles. The lowest BCUT2D eigenvalue weighted by Crippen LogP contribution is -2.41. The Morgan fingerprint density at radius 1 is 1.28 bits per heavy atom. The first-order chi connectivity index (χ1) is 12.3. The molecule has 0 radical (unpaired) electrons. The molecule has 6 heteroatoms. The number of rotatable bonds is 3. The topological polar surface area (TPSA) is 54.7 Å². The van der Waals surface area contributed by atoms with Crippen LogP contribution < -0.4 is 5.32 Å². The van der Waals surface area contributed by atoms with Crippen LogP contribution in [0.15, 0.2) is 47.6 Å². The Hall–Kier alpha value is -2.34. The number of hydrogen-bond donors (Lipinski definition) is 1. The van der Waals surface area contributed by atoms with Crippen molar-refractivity contribution in [1.82, 2.24) is 20.0 Å². The van der Waals surface area contributed by atoms with Crippen molar-refractivity contribution >= 4 is 5.96 Å². The molecule has 2 saturated heterocycles. The summed E-state index contributed by atoms with van der Waals surface area (Å²) in [7, 11) is 1.85. The lowest BCUT2D eigenvalue weighted by atomic mass is 9.87. The van der Waals surface area contributed by atoms with Crippen LogP contribution in [-0.4, -0.2) is 54.0 Å². The third-order valence-electron chi connectivity index (χ3n) is 5.23. The SMILES string of the molecule is CN=C(NCc1ccn(-c2ccccc2)n1)N1CCC2(CCOC2)C1. The Balaban J connectivity index is 1.37. The van der Waals surface area contributed by atoms with E-state index >= 15 is 0 Å². The van der Waals surface area contributed by atoms with Gasteiger partial charge in [-0.1, -0.05) is 18.2 Å². The fraction of sp³-hybridized carbons (Fsp3) is 0.474. The molecule has 0 aliphatic carbocycles. The smallest absolute Gasteiger partial charge is 0.193 e. The molecule has 4 rings (SSSR count). The molecular weight excluding hydrogens is 314 g/mol. The number of aromatic nitrogens is 2. The van der Waals surface area contributed by atoms with Gasteiger partial charge in [0, 0.05) is 38.4 Å². The predicted octanol–water partition coefficient (Wildman–Crippen LogP) is 2.06. The molecule has 2 fully saturated rings. The molecule has 3 heterocycles. The highest BCUT2D eigenvalue weighted by atomic mass is 16.5. The molecular formula is C19H25N5O. The molecule has 1 aromatic carbocycles. The maximum absolute atomic E-state index is 5.62. The minimum absolute atomic E-state index is 0.340. The lowest BCUT2D eigenvalue weighted by Gasteiger charge is -2.24. The normalized spacial score (nSPS) is 23.6. The second-order valence-electron chi connectivity index (χ2n) is 6.96. The van der Waals surface area contributed by atoms with Gasteiger partial charge in [0.15, 0.2) is 5.96 Å². The number of nitrogens with one attached hydrogen (secondary N) is 1.